The smallest absolute Gasteiger partial charge is 0.141 e. The van der Waals surface area contributed by atoms with Crippen LogP contribution in [-0.2, 0) is 12.4 Å². The van der Waals surface area contributed by atoms with Crippen LogP contribution in [0.15, 0.2) is 18.6 Å². The number of imidazole rings is 1. The molecule has 0 aromatic carbocycles. The Morgan fingerprint density at radius 2 is 2.38 bits per heavy atom. The second-order valence-electron chi connectivity index (χ2n) is 2.70. The Morgan fingerprint density at radius 3 is 3.08 bits per heavy atom. The molecule has 4 heteroatoms. The number of rotatable bonds is 2. The number of hydrogen-bond donors (Lipinski definition) is 0. The van der Waals surface area contributed by atoms with Gasteiger partial charge in [0.2, 0.25) is 0 Å². The van der Waals surface area contributed by atoms with Gasteiger partial charge in [0.05, 0.1) is 18.6 Å². The standard InChI is InChI=1S/C9H8ClN3/c1-2-3-12-4-5-13-9(12)8(6-10)7-11-13/h1,4-5,7H,3,6H2. The van der Waals surface area contributed by atoms with Crippen molar-refractivity contribution >= 4 is 17.2 Å². The lowest BCUT2D eigenvalue weighted by molar-refractivity contribution is 0.866. The zero-order valence-corrected chi connectivity index (χ0v) is 7.70. The van der Waals surface area contributed by atoms with Crippen molar-refractivity contribution in [3.8, 4) is 12.3 Å². The molecule has 2 heterocycles. The molecule has 0 saturated heterocycles. The summed E-state index contributed by atoms with van der Waals surface area (Å²) in [4.78, 5) is 0. The molecule has 0 spiro atoms. The van der Waals surface area contributed by atoms with Gasteiger partial charge in [0.15, 0.2) is 0 Å². The van der Waals surface area contributed by atoms with E-state index in [0.717, 1.165) is 11.2 Å². The van der Waals surface area contributed by atoms with Crippen molar-refractivity contribution in [2.24, 2.45) is 0 Å². The lowest BCUT2D eigenvalue weighted by Gasteiger charge is -1.97. The average molecular weight is 194 g/mol. The van der Waals surface area contributed by atoms with Gasteiger partial charge in [-0.05, 0) is 0 Å². The number of terminal acetylenes is 1. The van der Waals surface area contributed by atoms with Gasteiger partial charge in [-0.15, -0.1) is 18.0 Å². The molecule has 66 valence electrons. The highest BCUT2D eigenvalue weighted by molar-refractivity contribution is 6.17. The van der Waals surface area contributed by atoms with Gasteiger partial charge < -0.3 is 4.57 Å². The van der Waals surface area contributed by atoms with E-state index >= 15 is 0 Å². The lowest BCUT2D eigenvalue weighted by atomic mass is 10.4. The Balaban J connectivity index is 2.63. The van der Waals surface area contributed by atoms with Crippen molar-refractivity contribution in [2.75, 3.05) is 0 Å². The summed E-state index contributed by atoms with van der Waals surface area (Å²) in [6.45, 7) is 0.548. The van der Waals surface area contributed by atoms with Gasteiger partial charge in [-0.1, -0.05) is 5.92 Å². The van der Waals surface area contributed by atoms with E-state index in [1.54, 1.807) is 10.7 Å². The molecule has 2 rings (SSSR count). The highest BCUT2D eigenvalue weighted by Crippen LogP contribution is 2.13. The summed E-state index contributed by atoms with van der Waals surface area (Å²) < 4.78 is 3.72. The number of halogens is 1. The molecule has 0 aliphatic heterocycles. The molecule has 0 amide bonds. The van der Waals surface area contributed by atoms with Crippen LogP contribution in [0.25, 0.3) is 5.65 Å². The van der Waals surface area contributed by atoms with Crippen LogP contribution in [0.2, 0.25) is 0 Å². The SMILES string of the molecule is C#CCn1ccn2ncc(CCl)c12. The van der Waals surface area contributed by atoms with Crippen molar-refractivity contribution in [1.82, 2.24) is 14.2 Å². The van der Waals surface area contributed by atoms with Crippen molar-refractivity contribution in [3.05, 3.63) is 24.2 Å². The maximum absolute atomic E-state index is 5.76. The molecule has 0 fully saturated rings. The molecule has 0 atom stereocenters. The summed E-state index contributed by atoms with van der Waals surface area (Å²) >= 11 is 5.76. The van der Waals surface area contributed by atoms with E-state index in [1.165, 1.54) is 0 Å². The predicted molar refractivity (Wildman–Crippen MR) is 51.6 cm³/mol. The number of alkyl halides is 1. The van der Waals surface area contributed by atoms with Gasteiger partial charge in [-0.2, -0.15) is 5.10 Å². The highest BCUT2D eigenvalue weighted by Gasteiger charge is 2.06. The Labute approximate surface area is 80.9 Å². The zero-order chi connectivity index (χ0) is 9.26. The highest BCUT2D eigenvalue weighted by atomic mass is 35.5. The summed E-state index contributed by atoms with van der Waals surface area (Å²) in [5.41, 5.74) is 1.98. The van der Waals surface area contributed by atoms with E-state index in [0.29, 0.717) is 12.4 Å². The number of nitrogens with zero attached hydrogens (tertiary/aromatic N) is 3. The third kappa shape index (κ3) is 1.20. The summed E-state index contributed by atoms with van der Waals surface area (Å²) in [6, 6.07) is 0. The Hall–Kier alpha value is -1.40. The maximum Gasteiger partial charge on any atom is 0.141 e. The molecule has 13 heavy (non-hydrogen) atoms. The fourth-order valence-electron chi connectivity index (χ4n) is 1.35. The summed E-state index contributed by atoms with van der Waals surface area (Å²) in [5, 5.41) is 4.14. The second kappa shape index (κ2) is 3.15. The predicted octanol–water partition coefficient (Wildman–Crippen LogP) is 1.51. The minimum atomic E-state index is 0.456. The van der Waals surface area contributed by atoms with Gasteiger partial charge in [-0.25, -0.2) is 4.52 Å². The average Bonchev–Trinajstić information content (AvgIpc) is 2.68. The van der Waals surface area contributed by atoms with Crippen molar-refractivity contribution in [1.29, 1.82) is 0 Å². The maximum atomic E-state index is 5.76. The number of hydrogen-bond acceptors (Lipinski definition) is 1. The quantitative estimate of drug-likeness (QED) is 0.524. The summed E-state index contributed by atoms with van der Waals surface area (Å²) in [7, 11) is 0. The molecule has 0 radical (unpaired) electrons. The fraction of sp³-hybridized carbons (Fsp3) is 0.222. The molecule has 3 nitrogen and oxygen atoms in total. The third-order valence-electron chi connectivity index (χ3n) is 1.91. The molecular formula is C9H8ClN3. The van der Waals surface area contributed by atoms with E-state index in [9.17, 15) is 0 Å². The van der Waals surface area contributed by atoms with Gasteiger partial charge in [0, 0.05) is 18.0 Å². The van der Waals surface area contributed by atoms with Crippen LogP contribution in [0.4, 0.5) is 0 Å². The van der Waals surface area contributed by atoms with Crippen LogP contribution < -0.4 is 0 Å². The van der Waals surface area contributed by atoms with Crippen molar-refractivity contribution in [2.45, 2.75) is 12.4 Å². The van der Waals surface area contributed by atoms with Crippen LogP contribution in [0.5, 0.6) is 0 Å². The molecule has 0 unspecified atom stereocenters. The minimum Gasteiger partial charge on any atom is -0.319 e. The third-order valence-corrected chi connectivity index (χ3v) is 2.20. The topological polar surface area (TPSA) is 22.2 Å². The fourth-order valence-corrected chi connectivity index (χ4v) is 1.54. The molecule has 0 saturated carbocycles. The van der Waals surface area contributed by atoms with Crippen molar-refractivity contribution < 1.29 is 0 Å². The first-order chi connectivity index (χ1) is 6.36. The normalized spacial score (nSPS) is 10.5. The van der Waals surface area contributed by atoms with E-state index in [4.69, 9.17) is 18.0 Å². The Kier molecular flexibility index (Phi) is 1.99. The molecular weight excluding hydrogens is 186 g/mol. The largest absolute Gasteiger partial charge is 0.319 e. The van der Waals surface area contributed by atoms with Crippen LogP contribution in [0.1, 0.15) is 5.56 Å². The Morgan fingerprint density at radius 1 is 1.54 bits per heavy atom. The lowest BCUT2D eigenvalue weighted by Crippen LogP contribution is -1.95. The minimum absolute atomic E-state index is 0.456. The summed E-state index contributed by atoms with van der Waals surface area (Å²) in [6.07, 6.45) is 10.8. The van der Waals surface area contributed by atoms with E-state index in [-0.39, 0.29) is 0 Å². The van der Waals surface area contributed by atoms with Gasteiger partial charge in [0.25, 0.3) is 0 Å². The molecule has 0 aliphatic rings. The van der Waals surface area contributed by atoms with Crippen LogP contribution in [0.3, 0.4) is 0 Å². The Bertz CT molecular complexity index is 461. The molecule has 0 N–H and O–H groups in total. The van der Waals surface area contributed by atoms with Gasteiger partial charge in [-0.3, -0.25) is 0 Å². The molecule has 2 aromatic rings. The van der Waals surface area contributed by atoms with Crippen LogP contribution in [-0.4, -0.2) is 14.2 Å². The monoisotopic (exact) mass is 193 g/mol. The van der Waals surface area contributed by atoms with E-state index < -0.39 is 0 Å². The molecule has 2 aromatic heterocycles. The van der Waals surface area contributed by atoms with E-state index in [2.05, 4.69) is 11.0 Å². The summed E-state index contributed by atoms with van der Waals surface area (Å²) in [5.74, 6) is 3.04. The first-order valence-corrected chi connectivity index (χ1v) is 4.41. The zero-order valence-electron chi connectivity index (χ0n) is 6.94. The first-order valence-electron chi connectivity index (χ1n) is 3.87. The van der Waals surface area contributed by atoms with E-state index in [1.807, 2.05) is 17.0 Å². The van der Waals surface area contributed by atoms with Gasteiger partial charge in [0.1, 0.15) is 5.65 Å². The van der Waals surface area contributed by atoms with Crippen molar-refractivity contribution in [3.63, 3.8) is 0 Å². The van der Waals surface area contributed by atoms with Gasteiger partial charge >= 0.3 is 0 Å². The number of fused-ring (bicyclic) bond motifs is 1. The first kappa shape index (κ1) is 8.21. The molecule has 0 aliphatic carbocycles. The van der Waals surface area contributed by atoms with Crippen LogP contribution in [0, 0.1) is 12.3 Å². The van der Waals surface area contributed by atoms with Crippen LogP contribution >= 0.6 is 11.6 Å². The number of aromatic nitrogens is 3. The molecule has 0 bridgehead atoms. The second-order valence-corrected chi connectivity index (χ2v) is 2.97.